The number of rotatable bonds is 11. The zero-order chi connectivity index (χ0) is 45.6. The standard InChI is InChI=1S/C48H51NO14/c1-7-34(52)63-47-25-59-33(47)23-32(51)46(6)39(47)41(62-43(56)30-21-15-10-16-22-30)48(58)24-31(26(2)35(45(48,4)5)38(40(46)54)60-27(3)50)61-44(57)37(53)36(28-17-11-8-12-18-28)49-42(55)29-19-13-9-14-20-29/h7-22,31-33,36-39,41,51,53,58H,1,23-25H2,2-6H3,(H,49,55)/t31-,32-,33+,36?,37+,38+,39?,41-,46+,47-,48+/m0/s1. The molecule has 2 unspecified atom stereocenters. The third kappa shape index (κ3) is 7.56. The maximum atomic E-state index is 15.5. The van der Waals surface area contributed by atoms with E-state index in [9.17, 15) is 39.3 Å². The fourth-order valence-corrected chi connectivity index (χ4v) is 10.1. The van der Waals surface area contributed by atoms with Crippen molar-refractivity contribution in [2.75, 3.05) is 6.61 Å². The van der Waals surface area contributed by atoms with E-state index in [1.165, 1.54) is 26.0 Å². The summed E-state index contributed by atoms with van der Waals surface area (Å²) in [5, 5.41) is 40.3. The van der Waals surface area contributed by atoms with Gasteiger partial charge in [0.2, 0.25) is 0 Å². The van der Waals surface area contributed by atoms with E-state index in [1.54, 1.807) is 92.7 Å². The third-order valence-electron chi connectivity index (χ3n) is 13.6. The number of ketones is 1. The van der Waals surface area contributed by atoms with Crippen molar-refractivity contribution in [3.8, 4) is 0 Å². The van der Waals surface area contributed by atoms with E-state index >= 15 is 4.79 Å². The zero-order valence-electron chi connectivity index (χ0n) is 35.5. The number of esters is 4. The number of carbonyl (C=O) groups excluding carboxylic acids is 6. The number of ether oxygens (including phenoxy) is 5. The highest BCUT2D eigenvalue weighted by atomic mass is 16.6. The van der Waals surface area contributed by atoms with Gasteiger partial charge >= 0.3 is 23.9 Å². The first kappa shape index (κ1) is 45.0. The Hall–Kier alpha value is -6.00. The molecular weight excluding hydrogens is 815 g/mol. The van der Waals surface area contributed by atoms with Gasteiger partial charge in [0, 0.05) is 36.8 Å². The van der Waals surface area contributed by atoms with Gasteiger partial charge in [0.15, 0.2) is 23.6 Å². The summed E-state index contributed by atoms with van der Waals surface area (Å²) in [6.07, 6.45) is -9.81. The van der Waals surface area contributed by atoms with Crippen LogP contribution in [0.2, 0.25) is 0 Å². The molecule has 1 amide bonds. The molecule has 3 aromatic carbocycles. The molecule has 3 aliphatic carbocycles. The van der Waals surface area contributed by atoms with Crippen LogP contribution < -0.4 is 5.32 Å². The molecule has 63 heavy (non-hydrogen) atoms. The van der Waals surface area contributed by atoms with Crippen LogP contribution in [0.15, 0.2) is 115 Å². The average molecular weight is 866 g/mol. The topological polar surface area (TPSA) is 221 Å². The van der Waals surface area contributed by atoms with Crippen LogP contribution in [0, 0.1) is 16.7 Å². The number of amides is 1. The quantitative estimate of drug-likeness (QED) is 0.0930. The lowest BCUT2D eigenvalue weighted by Gasteiger charge is -2.67. The summed E-state index contributed by atoms with van der Waals surface area (Å²) in [6, 6.07) is 22.9. The van der Waals surface area contributed by atoms with Gasteiger partial charge in [0.1, 0.15) is 23.9 Å². The molecule has 332 valence electrons. The van der Waals surface area contributed by atoms with Crippen molar-refractivity contribution in [3.05, 3.63) is 131 Å². The second-order valence-corrected chi connectivity index (χ2v) is 17.4. The molecule has 0 spiro atoms. The van der Waals surface area contributed by atoms with Crippen molar-refractivity contribution in [1.82, 2.24) is 5.32 Å². The van der Waals surface area contributed by atoms with Crippen LogP contribution in [-0.2, 0) is 42.9 Å². The summed E-state index contributed by atoms with van der Waals surface area (Å²) >= 11 is 0. The summed E-state index contributed by atoms with van der Waals surface area (Å²) < 4.78 is 30.3. The van der Waals surface area contributed by atoms with Gasteiger partial charge in [-0.1, -0.05) is 87.2 Å². The summed E-state index contributed by atoms with van der Waals surface area (Å²) in [4.78, 5) is 83.9. The first-order valence-electron chi connectivity index (χ1n) is 20.7. The van der Waals surface area contributed by atoms with Crippen LogP contribution in [0.3, 0.4) is 0 Å². The van der Waals surface area contributed by atoms with Gasteiger partial charge in [-0.15, -0.1) is 0 Å². The lowest BCUT2D eigenvalue weighted by atomic mass is 9.44. The molecule has 15 heteroatoms. The molecule has 2 saturated carbocycles. The second kappa shape index (κ2) is 16.9. The van der Waals surface area contributed by atoms with Crippen LogP contribution in [0.25, 0.3) is 0 Å². The minimum absolute atomic E-state index is 0.0162. The molecule has 15 nitrogen and oxygen atoms in total. The van der Waals surface area contributed by atoms with E-state index in [-0.39, 0.29) is 35.3 Å². The van der Waals surface area contributed by atoms with Crippen molar-refractivity contribution >= 4 is 35.6 Å². The Morgan fingerprint density at radius 3 is 2.03 bits per heavy atom. The molecule has 11 atom stereocenters. The molecule has 3 fully saturated rings. The van der Waals surface area contributed by atoms with Gasteiger partial charge in [-0.3, -0.25) is 14.4 Å². The smallest absolute Gasteiger partial charge is 0.338 e. The lowest BCUT2D eigenvalue weighted by molar-refractivity contribution is -0.345. The van der Waals surface area contributed by atoms with Gasteiger partial charge in [-0.05, 0) is 54.8 Å². The van der Waals surface area contributed by atoms with Crippen molar-refractivity contribution < 1.29 is 67.8 Å². The maximum Gasteiger partial charge on any atom is 0.338 e. The van der Waals surface area contributed by atoms with E-state index < -0.39 is 113 Å². The molecule has 4 aliphatic rings. The number of benzene rings is 3. The Morgan fingerprint density at radius 1 is 0.889 bits per heavy atom. The Balaban J connectivity index is 1.39. The fraction of sp³-hybridized carbons (Fsp3) is 0.417. The highest BCUT2D eigenvalue weighted by molar-refractivity contribution is 5.96. The highest BCUT2D eigenvalue weighted by Gasteiger charge is 2.78. The lowest BCUT2D eigenvalue weighted by Crippen LogP contribution is -2.82. The fourth-order valence-electron chi connectivity index (χ4n) is 10.1. The van der Waals surface area contributed by atoms with Gasteiger partial charge in [0.25, 0.3) is 5.91 Å². The Morgan fingerprint density at radius 2 is 1.48 bits per heavy atom. The van der Waals surface area contributed by atoms with Crippen LogP contribution in [-0.4, -0.2) is 105 Å². The number of hydrogen-bond donors (Lipinski definition) is 4. The second-order valence-electron chi connectivity index (χ2n) is 17.4. The summed E-state index contributed by atoms with van der Waals surface area (Å²) in [6.45, 7) is 10.3. The molecule has 4 N–H and O–H groups in total. The number of hydrogen-bond acceptors (Lipinski definition) is 14. The first-order chi connectivity index (χ1) is 29.8. The molecule has 0 radical (unpaired) electrons. The van der Waals surface area contributed by atoms with E-state index in [1.807, 2.05) is 0 Å². The average Bonchev–Trinajstić information content (AvgIpc) is 3.26. The van der Waals surface area contributed by atoms with Gasteiger partial charge in [-0.25, -0.2) is 14.4 Å². The largest absolute Gasteiger partial charge is 0.456 e. The van der Waals surface area contributed by atoms with E-state index in [2.05, 4.69) is 11.9 Å². The van der Waals surface area contributed by atoms with Crippen LogP contribution in [0.1, 0.15) is 79.8 Å². The Bertz CT molecular complexity index is 2330. The predicted molar refractivity (Wildman–Crippen MR) is 222 cm³/mol. The highest BCUT2D eigenvalue weighted by Crippen LogP contribution is 2.64. The third-order valence-corrected chi connectivity index (χ3v) is 13.6. The van der Waals surface area contributed by atoms with Gasteiger partial charge < -0.3 is 44.3 Å². The molecular formula is C48H51NO14. The van der Waals surface area contributed by atoms with Gasteiger partial charge in [0.05, 0.1) is 35.6 Å². The van der Waals surface area contributed by atoms with Crippen molar-refractivity contribution in [2.45, 2.75) is 101 Å². The molecule has 1 aliphatic heterocycles. The number of aliphatic hydroxyl groups is 3. The Labute approximate surface area is 364 Å². The Kier molecular flexibility index (Phi) is 12.1. The van der Waals surface area contributed by atoms with E-state index in [0.29, 0.717) is 5.56 Å². The number of carbonyl (C=O) groups is 6. The van der Waals surface area contributed by atoms with Crippen LogP contribution in [0.4, 0.5) is 0 Å². The van der Waals surface area contributed by atoms with E-state index in [0.717, 1.165) is 13.0 Å². The van der Waals surface area contributed by atoms with Crippen LogP contribution >= 0.6 is 0 Å². The molecule has 0 aromatic heterocycles. The summed E-state index contributed by atoms with van der Waals surface area (Å²) in [7, 11) is 0. The van der Waals surface area contributed by atoms with Crippen molar-refractivity contribution in [3.63, 3.8) is 0 Å². The SMILES string of the molecule is C=CC(=O)O[C@@]12CO[C@@H]1C[C@H](O)[C@@]1(C)C(=O)[C@H](OC(C)=O)C3=C(C)[C@@H](OC(=O)[C@H](O)C(NC(=O)c4ccccc4)c4ccccc4)C[C@@](O)([C@@H](OC(=O)c4ccccc4)C12)C3(C)C. The van der Waals surface area contributed by atoms with E-state index in [4.69, 9.17) is 23.7 Å². The molecule has 7 rings (SSSR count). The normalized spacial score (nSPS) is 31.5. The molecule has 1 heterocycles. The number of fused-ring (bicyclic) bond motifs is 5. The zero-order valence-corrected chi connectivity index (χ0v) is 35.5. The predicted octanol–water partition coefficient (Wildman–Crippen LogP) is 3.90. The van der Waals surface area contributed by atoms with Crippen molar-refractivity contribution in [2.24, 2.45) is 16.7 Å². The molecule has 1 saturated heterocycles. The number of aliphatic hydroxyl groups excluding tert-OH is 2. The minimum atomic E-state index is -2.42. The summed E-state index contributed by atoms with van der Waals surface area (Å²) in [5.74, 6) is -7.10. The first-order valence-corrected chi connectivity index (χ1v) is 20.7. The number of Topliss-reactive ketones (excluding diaryl/α,β-unsaturated/α-hetero) is 1. The van der Waals surface area contributed by atoms with Gasteiger partial charge in [-0.2, -0.15) is 0 Å². The monoisotopic (exact) mass is 865 g/mol. The maximum absolute atomic E-state index is 15.5. The molecule has 3 aromatic rings. The molecule has 2 bridgehead atoms. The minimum Gasteiger partial charge on any atom is -0.456 e. The van der Waals surface area contributed by atoms with Crippen molar-refractivity contribution in [1.29, 1.82) is 0 Å². The van der Waals surface area contributed by atoms with Crippen LogP contribution in [0.5, 0.6) is 0 Å². The number of nitrogens with one attached hydrogen (secondary N) is 1. The summed E-state index contributed by atoms with van der Waals surface area (Å²) in [5.41, 5.74) is -7.22.